The van der Waals surface area contributed by atoms with Crippen molar-refractivity contribution >= 4 is 23.8 Å². The van der Waals surface area contributed by atoms with Crippen molar-refractivity contribution in [2.45, 2.75) is 38.8 Å². The Hall–Kier alpha value is -4.92. The number of carbonyl (C=O) groups is 4. The summed E-state index contributed by atoms with van der Waals surface area (Å²) in [5, 5.41) is 5.30. The molecule has 0 aliphatic carbocycles. The summed E-state index contributed by atoms with van der Waals surface area (Å²) < 4.78 is 9.68. The molecule has 2 aromatic heterocycles. The maximum absolute atomic E-state index is 13.3. The zero-order valence-corrected chi connectivity index (χ0v) is 21.4. The fraction of sp³-hybridized carbons (Fsp3) is 0.308. The third-order valence-corrected chi connectivity index (χ3v) is 6.02. The summed E-state index contributed by atoms with van der Waals surface area (Å²) in [5.41, 5.74) is 2.64. The van der Waals surface area contributed by atoms with E-state index < -0.39 is 35.8 Å². The van der Waals surface area contributed by atoms with Crippen LogP contribution < -0.4 is 10.6 Å². The van der Waals surface area contributed by atoms with Gasteiger partial charge in [0.2, 0.25) is 0 Å². The number of rotatable bonds is 10. The molecule has 198 valence electrons. The Balaban J connectivity index is 1.93. The molecule has 0 radical (unpaired) electrons. The molecule has 0 aliphatic rings. The van der Waals surface area contributed by atoms with E-state index in [2.05, 4.69) is 36.5 Å². The molecule has 12 heteroatoms. The third-order valence-electron chi connectivity index (χ3n) is 6.02. The van der Waals surface area contributed by atoms with Crippen LogP contribution in [0.4, 0.5) is 0 Å². The van der Waals surface area contributed by atoms with Gasteiger partial charge in [0.1, 0.15) is 12.1 Å². The standard InChI is InChI=1S/C26H28N6O6/c1-6-18-14(2)19(23(33)31-21(25(35)37-4)7-16-10-27-12-29-16)9-20(15(18)3)24(34)32-22(26(36)38-5)8-17-11-28-13-30-17/h1,9-13,21-22H,7-8H2,2-5H3,(H,27,29)(H,28,30)(H,31,33)(H,32,34)/t21-,22+. The number of aromatic amines is 2. The molecule has 0 spiro atoms. The molecule has 3 rings (SSSR count). The first-order valence-electron chi connectivity index (χ1n) is 11.5. The van der Waals surface area contributed by atoms with Gasteiger partial charge in [-0.05, 0) is 31.0 Å². The molecule has 3 aromatic rings. The second-order valence-electron chi connectivity index (χ2n) is 8.40. The SMILES string of the molecule is C#Cc1c(C)c(C(=O)N[C@@H](Cc2cnc[nH]2)C(=O)OC)cc(C(=O)N[C@H](Cc2cnc[nH]2)C(=O)OC)c1C. The zero-order chi connectivity index (χ0) is 27.8. The lowest BCUT2D eigenvalue weighted by Crippen LogP contribution is -2.44. The van der Waals surface area contributed by atoms with Crippen LogP contribution >= 0.6 is 0 Å². The number of terminal acetylenes is 1. The minimum Gasteiger partial charge on any atom is -0.467 e. The van der Waals surface area contributed by atoms with E-state index in [9.17, 15) is 19.2 Å². The third kappa shape index (κ3) is 6.25. The molecule has 2 heterocycles. The Labute approximate surface area is 218 Å². The zero-order valence-electron chi connectivity index (χ0n) is 21.4. The van der Waals surface area contributed by atoms with Gasteiger partial charge in [-0.3, -0.25) is 9.59 Å². The number of esters is 2. The molecule has 0 saturated carbocycles. The number of amides is 2. The molecule has 0 saturated heterocycles. The van der Waals surface area contributed by atoms with E-state index in [1.165, 1.54) is 45.3 Å². The maximum atomic E-state index is 13.3. The van der Waals surface area contributed by atoms with Crippen LogP contribution in [-0.4, -0.2) is 70.0 Å². The first-order valence-corrected chi connectivity index (χ1v) is 11.5. The highest BCUT2D eigenvalue weighted by Gasteiger charge is 2.28. The first-order chi connectivity index (χ1) is 18.2. The fourth-order valence-corrected chi connectivity index (χ4v) is 3.98. The Morgan fingerprint density at radius 3 is 1.61 bits per heavy atom. The second kappa shape index (κ2) is 12.4. The summed E-state index contributed by atoms with van der Waals surface area (Å²) in [7, 11) is 2.43. The summed E-state index contributed by atoms with van der Waals surface area (Å²) >= 11 is 0. The van der Waals surface area contributed by atoms with E-state index in [0.29, 0.717) is 28.1 Å². The number of imidazole rings is 2. The largest absolute Gasteiger partial charge is 0.467 e. The van der Waals surface area contributed by atoms with Crippen molar-refractivity contribution in [1.82, 2.24) is 30.6 Å². The fourth-order valence-electron chi connectivity index (χ4n) is 3.98. The van der Waals surface area contributed by atoms with Crippen LogP contribution in [0.2, 0.25) is 0 Å². The van der Waals surface area contributed by atoms with E-state index in [-0.39, 0.29) is 24.0 Å². The lowest BCUT2D eigenvalue weighted by molar-refractivity contribution is -0.143. The predicted octanol–water partition coefficient (Wildman–Crippen LogP) is 0.759. The van der Waals surface area contributed by atoms with Crippen LogP contribution in [0.25, 0.3) is 0 Å². The second-order valence-corrected chi connectivity index (χ2v) is 8.40. The van der Waals surface area contributed by atoms with Gasteiger partial charge < -0.3 is 30.1 Å². The van der Waals surface area contributed by atoms with Crippen LogP contribution in [0.5, 0.6) is 0 Å². The molecule has 4 N–H and O–H groups in total. The van der Waals surface area contributed by atoms with Gasteiger partial charge in [0.05, 0.1) is 26.9 Å². The van der Waals surface area contributed by atoms with Gasteiger partial charge >= 0.3 is 11.9 Å². The summed E-state index contributed by atoms with van der Waals surface area (Å²) in [4.78, 5) is 65.0. The van der Waals surface area contributed by atoms with Crippen molar-refractivity contribution in [3.63, 3.8) is 0 Å². The van der Waals surface area contributed by atoms with Gasteiger partial charge in [0.15, 0.2) is 0 Å². The molecule has 2 amide bonds. The van der Waals surface area contributed by atoms with Gasteiger partial charge in [-0.1, -0.05) is 5.92 Å². The van der Waals surface area contributed by atoms with Gasteiger partial charge in [-0.15, -0.1) is 6.42 Å². The van der Waals surface area contributed by atoms with Crippen LogP contribution in [0, 0.1) is 26.2 Å². The van der Waals surface area contributed by atoms with Crippen molar-refractivity contribution in [3.8, 4) is 12.3 Å². The Morgan fingerprint density at radius 2 is 1.29 bits per heavy atom. The van der Waals surface area contributed by atoms with E-state index in [1.807, 2.05) is 0 Å². The summed E-state index contributed by atoms with van der Waals surface area (Å²) in [6, 6.07) is -0.678. The van der Waals surface area contributed by atoms with E-state index in [1.54, 1.807) is 13.8 Å². The quantitative estimate of drug-likeness (QED) is 0.224. The van der Waals surface area contributed by atoms with Crippen LogP contribution in [-0.2, 0) is 31.9 Å². The van der Waals surface area contributed by atoms with E-state index in [4.69, 9.17) is 15.9 Å². The van der Waals surface area contributed by atoms with Gasteiger partial charge in [-0.25, -0.2) is 19.6 Å². The van der Waals surface area contributed by atoms with Crippen molar-refractivity contribution in [2.24, 2.45) is 0 Å². The number of nitrogens with one attached hydrogen (secondary N) is 4. The number of hydrogen-bond donors (Lipinski definition) is 4. The van der Waals surface area contributed by atoms with E-state index >= 15 is 0 Å². The number of H-pyrrole nitrogens is 2. The van der Waals surface area contributed by atoms with Crippen molar-refractivity contribution in [2.75, 3.05) is 14.2 Å². The molecule has 38 heavy (non-hydrogen) atoms. The van der Waals surface area contributed by atoms with Crippen molar-refractivity contribution in [1.29, 1.82) is 0 Å². The number of ether oxygens (including phenoxy) is 2. The molecule has 0 aliphatic heterocycles. The van der Waals surface area contributed by atoms with Gasteiger partial charge in [0, 0.05) is 53.3 Å². The molecule has 0 unspecified atom stereocenters. The number of carbonyl (C=O) groups excluding carboxylic acids is 4. The van der Waals surface area contributed by atoms with Crippen molar-refractivity contribution < 1.29 is 28.7 Å². The van der Waals surface area contributed by atoms with Crippen LogP contribution in [0.1, 0.15) is 48.8 Å². The van der Waals surface area contributed by atoms with Gasteiger partial charge in [0.25, 0.3) is 11.8 Å². The molecule has 1 aromatic carbocycles. The van der Waals surface area contributed by atoms with Crippen LogP contribution in [0.15, 0.2) is 31.1 Å². The predicted molar refractivity (Wildman–Crippen MR) is 135 cm³/mol. The molecular formula is C26H28N6O6. The van der Waals surface area contributed by atoms with Gasteiger partial charge in [-0.2, -0.15) is 0 Å². The minimum atomic E-state index is -1.03. The lowest BCUT2D eigenvalue weighted by atomic mass is 9.92. The number of aromatic nitrogens is 4. The average Bonchev–Trinajstić information content (AvgIpc) is 3.61. The Kier molecular flexibility index (Phi) is 8.99. The molecule has 12 nitrogen and oxygen atoms in total. The number of methoxy groups -OCH3 is 2. The highest BCUT2D eigenvalue weighted by atomic mass is 16.5. The smallest absolute Gasteiger partial charge is 0.328 e. The molecule has 0 fully saturated rings. The molecular weight excluding hydrogens is 492 g/mol. The minimum absolute atomic E-state index is 0.0930. The lowest BCUT2D eigenvalue weighted by Gasteiger charge is -2.20. The summed E-state index contributed by atoms with van der Waals surface area (Å²) in [5.74, 6) is -0.0564. The molecule has 0 bridgehead atoms. The number of nitrogens with zero attached hydrogens (tertiary/aromatic N) is 2. The topological polar surface area (TPSA) is 168 Å². The normalized spacial score (nSPS) is 12.1. The van der Waals surface area contributed by atoms with Crippen molar-refractivity contribution in [3.05, 3.63) is 70.3 Å². The maximum Gasteiger partial charge on any atom is 0.328 e. The van der Waals surface area contributed by atoms with Crippen LogP contribution in [0.3, 0.4) is 0 Å². The molecule has 2 atom stereocenters. The summed E-state index contributed by atoms with van der Waals surface area (Å²) in [6.07, 6.45) is 11.9. The Morgan fingerprint density at radius 1 is 0.868 bits per heavy atom. The number of benzene rings is 1. The highest BCUT2D eigenvalue weighted by Crippen LogP contribution is 2.23. The highest BCUT2D eigenvalue weighted by molar-refractivity contribution is 6.04. The first kappa shape index (κ1) is 27.7. The monoisotopic (exact) mass is 520 g/mol. The number of hydrogen-bond acceptors (Lipinski definition) is 8. The average molecular weight is 521 g/mol. The summed E-state index contributed by atoms with van der Waals surface area (Å²) in [6.45, 7) is 3.30. The Bertz CT molecular complexity index is 1260. The van der Waals surface area contributed by atoms with E-state index in [0.717, 1.165) is 0 Å².